The van der Waals surface area contributed by atoms with Gasteiger partial charge in [-0.2, -0.15) is 0 Å². The molecule has 20 heavy (non-hydrogen) atoms. The molecule has 1 fully saturated rings. The molecule has 0 amide bonds. The summed E-state index contributed by atoms with van der Waals surface area (Å²) in [4.78, 5) is 2.93. The van der Waals surface area contributed by atoms with E-state index in [-0.39, 0.29) is 0 Å². The zero-order chi connectivity index (χ0) is 15.0. The van der Waals surface area contributed by atoms with E-state index < -0.39 is 0 Å². The summed E-state index contributed by atoms with van der Waals surface area (Å²) in [6.07, 6.45) is 5.13. The Hall–Kier alpha value is -0.340. The highest BCUT2D eigenvalue weighted by molar-refractivity contribution is 7.11. The Bertz CT molecular complexity index is 428. The third kappa shape index (κ3) is 4.60. The molecule has 2 heteroatoms. The van der Waals surface area contributed by atoms with Gasteiger partial charge in [-0.1, -0.05) is 27.7 Å². The van der Waals surface area contributed by atoms with Crippen LogP contribution in [0.4, 0.5) is 0 Å². The average Bonchev–Trinajstić information content (AvgIpc) is 2.58. The monoisotopic (exact) mass is 293 g/mol. The van der Waals surface area contributed by atoms with E-state index in [1.165, 1.54) is 29.0 Å². The van der Waals surface area contributed by atoms with Gasteiger partial charge in [0.15, 0.2) is 0 Å². The number of hydrogen-bond acceptors (Lipinski definition) is 2. The van der Waals surface area contributed by atoms with Crippen molar-refractivity contribution in [2.24, 2.45) is 10.8 Å². The molecular weight excluding hydrogens is 262 g/mol. The van der Waals surface area contributed by atoms with Crippen molar-refractivity contribution in [3.05, 3.63) is 21.9 Å². The third-order valence-electron chi connectivity index (χ3n) is 4.38. The molecule has 114 valence electrons. The van der Waals surface area contributed by atoms with Crippen molar-refractivity contribution < 1.29 is 0 Å². The summed E-state index contributed by atoms with van der Waals surface area (Å²) in [5.41, 5.74) is 0.942. The molecular formula is C18H31NS. The highest BCUT2D eigenvalue weighted by Gasteiger charge is 2.38. The van der Waals surface area contributed by atoms with Gasteiger partial charge in [0.05, 0.1) is 0 Å². The molecule has 1 unspecified atom stereocenters. The van der Waals surface area contributed by atoms with E-state index >= 15 is 0 Å². The molecule has 0 spiro atoms. The molecule has 1 saturated carbocycles. The van der Waals surface area contributed by atoms with E-state index in [9.17, 15) is 0 Å². The highest BCUT2D eigenvalue weighted by atomic mass is 32.1. The summed E-state index contributed by atoms with van der Waals surface area (Å²) in [6.45, 7) is 14.2. The van der Waals surface area contributed by atoms with Crippen molar-refractivity contribution in [3.8, 4) is 0 Å². The lowest BCUT2D eigenvalue weighted by molar-refractivity contribution is 0.0812. The molecule has 1 aromatic heterocycles. The zero-order valence-electron chi connectivity index (χ0n) is 14.0. The first-order valence-electron chi connectivity index (χ1n) is 7.97. The van der Waals surface area contributed by atoms with Gasteiger partial charge in [0.2, 0.25) is 0 Å². The minimum Gasteiger partial charge on any atom is -0.311 e. The Morgan fingerprint density at radius 1 is 1.20 bits per heavy atom. The van der Waals surface area contributed by atoms with Gasteiger partial charge < -0.3 is 5.32 Å². The normalized spacial score (nSPS) is 23.7. The predicted octanol–water partition coefficient (Wildman–Crippen LogP) is 5.18. The van der Waals surface area contributed by atoms with Crippen molar-refractivity contribution in [3.63, 3.8) is 0 Å². The molecule has 2 rings (SSSR count). The van der Waals surface area contributed by atoms with Crippen molar-refractivity contribution in [2.75, 3.05) is 0 Å². The minimum atomic E-state index is 0.471. The summed E-state index contributed by atoms with van der Waals surface area (Å²) < 4.78 is 0. The first-order valence-corrected chi connectivity index (χ1v) is 8.78. The molecule has 1 heterocycles. The summed E-state index contributed by atoms with van der Waals surface area (Å²) in [7, 11) is 0. The first kappa shape index (κ1) is 16.0. The standard InChI is InChI=1S/C18H31NS/c1-13(9-16-8-7-14(2)20-16)19-15-10-17(3,4)12-18(5,6)11-15/h7-8,13,15,19H,9-12H2,1-6H3. The van der Waals surface area contributed by atoms with Crippen LogP contribution in [0.5, 0.6) is 0 Å². The second-order valence-corrected chi connectivity index (χ2v) is 9.77. The molecule has 1 aliphatic carbocycles. The number of aryl methyl sites for hydroxylation is 1. The van der Waals surface area contributed by atoms with Gasteiger partial charge in [-0.25, -0.2) is 0 Å². The van der Waals surface area contributed by atoms with Crippen molar-refractivity contribution >= 4 is 11.3 Å². The SMILES string of the molecule is Cc1ccc(CC(C)NC2CC(C)(C)CC(C)(C)C2)s1. The van der Waals surface area contributed by atoms with E-state index in [0.717, 1.165) is 6.42 Å². The molecule has 1 nitrogen and oxygen atoms in total. The van der Waals surface area contributed by atoms with Crippen LogP contribution < -0.4 is 5.32 Å². The molecule has 1 N–H and O–H groups in total. The van der Waals surface area contributed by atoms with Gasteiger partial charge >= 0.3 is 0 Å². The van der Waals surface area contributed by atoms with Gasteiger partial charge in [0.25, 0.3) is 0 Å². The van der Waals surface area contributed by atoms with Gasteiger partial charge in [-0.05, 0) is 62.5 Å². The fraction of sp³-hybridized carbons (Fsp3) is 0.778. The van der Waals surface area contributed by atoms with E-state index in [2.05, 4.69) is 59.0 Å². The summed E-state index contributed by atoms with van der Waals surface area (Å²) >= 11 is 1.94. The zero-order valence-corrected chi connectivity index (χ0v) is 14.9. The summed E-state index contributed by atoms with van der Waals surface area (Å²) in [5.74, 6) is 0. The van der Waals surface area contributed by atoms with Crippen LogP contribution in [-0.2, 0) is 6.42 Å². The lowest BCUT2D eigenvalue weighted by atomic mass is 9.63. The van der Waals surface area contributed by atoms with E-state index in [0.29, 0.717) is 22.9 Å². The van der Waals surface area contributed by atoms with Crippen molar-refractivity contribution in [2.45, 2.75) is 79.3 Å². The Kier molecular flexibility index (Phi) is 4.66. The van der Waals surface area contributed by atoms with Crippen LogP contribution in [0.3, 0.4) is 0 Å². The van der Waals surface area contributed by atoms with Crippen LogP contribution in [0.2, 0.25) is 0 Å². The molecule has 1 aromatic rings. The van der Waals surface area contributed by atoms with Crippen LogP contribution in [0.25, 0.3) is 0 Å². The Balaban J connectivity index is 1.91. The maximum atomic E-state index is 3.89. The molecule has 0 aromatic carbocycles. The molecule has 0 radical (unpaired) electrons. The molecule has 1 aliphatic rings. The fourth-order valence-electron chi connectivity index (χ4n) is 4.32. The second kappa shape index (κ2) is 5.81. The highest BCUT2D eigenvalue weighted by Crippen LogP contribution is 2.45. The van der Waals surface area contributed by atoms with Crippen LogP contribution in [-0.4, -0.2) is 12.1 Å². The van der Waals surface area contributed by atoms with E-state index in [4.69, 9.17) is 0 Å². The van der Waals surface area contributed by atoms with E-state index in [1.54, 1.807) is 0 Å². The Labute approximate surface area is 129 Å². The quantitative estimate of drug-likeness (QED) is 0.806. The Morgan fingerprint density at radius 2 is 1.80 bits per heavy atom. The predicted molar refractivity (Wildman–Crippen MR) is 90.6 cm³/mol. The molecule has 0 bridgehead atoms. The summed E-state index contributed by atoms with van der Waals surface area (Å²) in [5, 5.41) is 3.89. The van der Waals surface area contributed by atoms with E-state index in [1.807, 2.05) is 11.3 Å². The smallest absolute Gasteiger partial charge is 0.00896 e. The van der Waals surface area contributed by atoms with Crippen LogP contribution in [0.15, 0.2) is 12.1 Å². The summed E-state index contributed by atoms with van der Waals surface area (Å²) in [6, 6.07) is 5.76. The maximum absolute atomic E-state index is 3.89. The van der Waals surface area contributed by atoms with Gasteiger partial charge in [-0.15, -0.1) is 11.3 Å². The van der Waals surface area contributed by atoms with Crippen molar-refractivity contribution in [1.82, 2.24) is 5.32 Å². The topological polar surface area (TPSA) is 12.0 Å². The van der Waals surface area contributed by atoms with Crippen LogP contribution >= 0.6 is 11.3 Å². The second-order valence-electron chi connectivity index (χ2n) is 8.39. The average molecular weight is 294 g/mol. The van der Waals surface area contributed by atoms with Gasteiger partial charge in [0.1, 0.15) is 0 Å². The minimum absolute atomic E-state index is 0.471. The van der Waals surface area contributed by atoms with Crippen molar-refractivity contribution in [1.29, 1.82) is 0 Å². The van der Waals surface area contributed by atoms with Gasteiger partial charge in [0, 0.05) is 21.8 Å². The Morgan fingerprint density at radius 3 is 2.30 bits per heavy atom. The first-order chi connectivity index (χ1) is 9.15. The lowest BCUT2D eigenvalue weighted by Crippen LogP contribution is -2.47. The largest absolute Gasteiger partial charge is 0.311 e. The third-order valence-corrected chi connectivity index (χ3v) is 5.40. The molecule has 0 aliphatic heterocycles. The molecule has 0 saturated heterocycles. The fourth-order valence-corrected chi connectivity index (χ4v) is 5.34. The number of hydrogen-bond donors (Lipinski definition) is 1. The number of rotatable bonds is 4. The maximum Gasteiger partial charge on any atom is 0.00896 e. The number of thiophene rings is 1. The number of nitrogens with one attached hydrogen (secondary N) is 1. The van der Waals surface area contributed by atoms with Gasteiger partial charge in [-0.3, -0.25) is 0 Å². The lowest BCUT2D eigenvalue weighted by Gasteiger charge is -2.46. The molecule has 1 atom stereocenters. The van der Waals surface area contributed by atoms with Crippen LogP contribution in [0.1, 0.15) is 63.6 Å². The van der Waals surface area contributed by atoms with Crippen LogP contribution in [0, 0.1) is 17.8 Å².